The Hall–Kier alpha value is -1.67. The van der Waals surface area contributed by atoms with Crippen molar-refractivity contribution in [1.29, 1.82) is 0 Å². The third kappa shape index (κ3) is 3.86. The summed E-state index contributed by atoms with van der Waals surface area (Å²) in [5.74, 6) is -1.40. The van der Waals surface area contributed by atoms with E-state index in [4.69, 9.17) is 9.31 Å². The molecule has 0 unspecified atom stereocenters. The van der Waals surface area contributed by atoms with Gasteiger partial charge in [0.1, 0.15) is 11.6 Å². The van der Waals surface area contributed by atoms with Crippen molar-refractivity contribution >= 4 is 18.7 Å². The van der Waals surface area contributed by atoms with Gasteiger partial charge in [-0.2, -0.15) is 0 Å². The first-order valence-electron chi connectivity index (χ1n) is 8.50. The third-order valence-corrected chi connectivity index (χ3v) is 5.04. The molecule has 0 aromatic heterocycles. The maximum atomic E-state index is 14.6. The molecule has 0 bridgehead atoms. The van der Waals surface area contributed by atoms with Crippen LogP contribution in [0.4, 0.5) is 13.6 Å². The van der Waals surface area contributed by atoms with Gasteiger partial charge < -0.3 is 14.4 Å². The summed E-state index contributed by atoms with van der Waals surface area (Å²) in [5.41, 5.74) is -2.18. The van der Waals surface area contributed by atoms with Crippen LogP contribution in [0.3, 0.4) is 0 Å². The van der Waals surface area contributed by atoms with Crippen LogP contribution in [0.15, 0.2) is 12.1 Å². The molecule has 1 saturated heterocycles. The maximum absolute atomic E-state index is 14.6. The molecule has 8 heteroatoms. The zero-order valence-corrected chi connectivity index (χ0v) is 16.3. The number of rotatable bonds is 3. The SMILES string of the molecule is CC(C)(C)N(Cc1cc(F)c(B2OC(C)(C)C(C)(C)O2)cc1F)C(=O)O. The molecule has 1 fully saturated rings. The van der Waals surface area contributed by atoms with E-state index < -0.39 is 41.6 Å². The summed E-state index contributed by atoms with van der Waals surface area (Å²) in [5, 5.41) is 9.34. The first kappa shape index (κ1) is 20.6. The Morgan fingerprint density at radius 3 is 2.04 bits per heavy atom. The molecule has 1 N–H and O–H groups in total. The molecule has 0 spiro atoms. The van der Waals surface area contributed by atoms with Crippen LogP contribution in [-0.4, -0.2) is 40.0 Å². The van der Waals surface area contributed by atoms with Crippen molar-refractivity contribution in [3.63, 3.8) is 0 Å². The van der Waals surface area contributed by atoms with E-state index in [0.29, 0.717) is 0 Å². The molecule has 1 aromatic rings. The number of carboxylic acid groups (broad SMARTS) is 1. The van der Waals surface area contributed by atoms with Gasteiger partial charge in [-0.3, -0.25) is 4.90 Å². The van der Waals surface area contributed by atoms with Gasteiger partial charge in [-0.05, 0) is 60.6 Å². The van der Waals surface area contributed by atoms with Gasteiger partial charge >= 0.3 is 13.2 Å². The van der Waals surface area contributed by atoms with Crippen molar-refractivity contribution in [1.82, 2.24) is 4.90 Å². The monoisotopic (exact) mass is 369 g/mol. The second-order valence-corrected chi connectivity index (χ2v) is 8.59. The van der Waals surface area contributed by atoms with Crippen molar-refractivity contribution in [3.8, 4) is 0 Å². The van der Waals surface area contributed by atoms with Crippen LogP contribution >= 0.6 is 0 Å². The predicted molar refractivity (Wildman–Crippen MR) is 95.4 cm³/mol. The van der Waals surface area contributed by atoms with Gasteiger partial charge in [-0.15, -0.1) is 0 Å². The highest BCUT2D eigenvalue weighted by molar-refractivity contribution is 6.62. The summed E-state index contributed by atoms with van der Waals surface area (Å²) < 4.78 is 40.8. The smallest absolute Gasteiger partial charge is 0.465 e. The Kier molecular flexibility index (Phi) is 5.16. The fraction of sp³-hybridized carbons (Fsp3) is 0.611. The molecule has 2 rings (SSSR count). The number of hydrogen-bond acceptors (Lipinski definition) is 3. The second kappa shape index (κ2) is 6.49. The fourth-order valence-corrected chi connectivity index (χ4v) is 2.64. The molecular weight excluding hydrogens is 343 g/mol. The molecule has 5 nitrogen and oxygen atoms in total. The molecule has 1 aromatic carbocycles. The Bertz CT molecular complexity index is 700. The molecule has 0 aliphatic carbocycles. The normalized spacial score (nSPS) is 18.9. The van der Waals surface area contributed by atoms with Gasteiger partial charge in [0, 0.05) is 16.6 Å². The number of carbonyl (C=O) groups is 1. The van der Waals surface area contributed by atoms with Crippen molar-refractivity contribution < 1.29 is 28.0 Å². The van der Waals surface area contributed by atoms with Crippen molar-refractivity contribution in [2.24, 2.45) is 0 Å². The van der Waals surface area contributed by atoms with Gasteiger partial charge in [0.2, 0.25) is 0 Å². The van der Waals surface area contributed by atoms with Crippen molar-refractivity contribution in [2.75, 3.05) is 0 Å². The Balaban J connectivity index is 2.34. The molecule has 1 aliphatic heterocycles. The summed E-state index contributed by atoms with van der Waals surface area (Å²) >= 11 is 0. The quantitative estimate of drug-likeness (QED) is 0.828. The first-order valence-corrected chi connectivity index (χ1v) is 8.50. The molecular formula is C18H26BF2NO4. The number of halogens is 2. The van der Waals surface area contributed by atoms with Gasteiger partial charge in [-0.25, -0.2) is 13.6 Å². The standard InChI is InChI=1S/C18H26BF2NO4/c1-16(2,3)22(15(23)24)10-11-8-14(21)12(9-13(11)20)19-25-17(4,5)18(6,7)26-19/h8-9H,10H2,1-7H3,(H,23,24). The molecule has 1 amide bonds. The molecule has 0 saturated carbocycles. The van der Waals surface area contributed by atoms with Crippen LogP contribution in [0, 0.1) is 11.6 Å². The van der Waals surface area contributed by atoms with Gasteiger partial charge in [0.25, 0.3) is 0 Å². The van der Waals surface area contributed by atoms with Crippen LogP contribution in [0.1, 0.15) is 54.0 Å². The minimum absolute atomic E-state index is 0.0393. The summed E-state index contributed by atoms with van der Waals surface area (Å²) in [7, 11) is -1.03. The van der Waals surface area contributed by atoms with E-state index in [9.17, 15) is 18.7 Å². The van der Waals surface area contributed by atoms with E-state index in [1.165, 1.54) is 0 Å². The lowest BCUT2D eigenvalue weighted by atomic mass is 9.78. The molecule has 144 valence electrons. The Labute approximate surface area is 153 Å². The van der Waals surface area contributed by atoms with E-state index in [1.807, 2.05) is 27.7 Å². The van der Waals surface area contributed by atoms with Gasteiger partial charge in [0.15, 0.2) is 0 Å². The van der Waals surface area contributed by atoms with Crippen LogP contribution in [-0.2, 0) is 15.9 Å². The molecule has 1 aliphatic rings. The second-order valence-electron chi connectivity index (χ2n) is 8.59. The zero-order chi connectivity index (χ0) is 20.1. The molecule has 0 atom stereocenters. The summed E-state index contributed by atoms with van der Waals surface area (Å²) in [4.78, 5) is 12.5. The summed E-state index contributed by atoms with van der Waals surface area (Å²) in [6, 6.07) is 2.03. The minimum atomic E-state index is -1.20. The maximum Gasteiger partial charge on any atom is 0.497 e. The lowest BCUT2D eigenvalue weighted by Gasteiger charge is -2.33. The number of nitrogens with zero attached hydrogens (tertiary/aromatic N) is 1. The fourth-order valence-electron chi connectivity index (χ4n) is 2.64. The number of amides is 1. The topological polar surface area (TPSA) is 59.0 Å². The van der Waals surface area contributed by atoms with E-state index in [-0.39, 0.29) is 17.6 Å². The lowest BCUT2D eigenvalue weighted by molar-refractivity contribution is 0.00578. The van der Waals surface area contributed by atoms with Crippen molar-refractivity contribution in [2.45, 2.75) is 71.8 Å². The van der Waals surface area contributed by atoms with E-state index >= 15 is 0 Å². The number of benzene rings is 1. The van der Waals surface area contributed by atoms with Crippen molar-refractivity contribution in [3.05, 3.63) is 29.3 Å². The highest BCUT2D eigenvalue weighted by Gasteiger charge is 2.52. The Morgan fingerprint density at radius 2 is 1.62 bits per heavy atom. The first-order chi connectivity index (χ1) is 11.7. The minimum Gasteiger partial charge on any atom is -0.465 e. The Morgan fingerprint density at radius 1 is 1.12 bits per heavy atom. The molecule has 0 radical (unpaired) electrons. The summed E-state index contributed by atoms with van der Waals surface area (Å²) in [6.45, 7) is 12.1. The third-order valence-electron chi connectivity index (χ3n) is 5.04. The van der Waals surface area contributed by atoms with Gasteiger partial charge in [-0.1, -0.05) is 0 Å². The average Bonchev–Trinajstić information content (AvgIpc) is 2.65. The van der Waals surface area contributed by atoms with Crippen LogP contribution in [0.2, 0.25) is 0 Å². The van der Waals surface area contributed by atoms with Crippen LogP contribution < -0.4 is 5.46 Å². The molecule has 1 heterocycles. The molecule has 26 heavy (non-hydrogen) atoms. The van der Waals surface area contributed by atoms with Gasteiger partial charge in [0.05, 0.1) is 17.7 Å². The predicted octanol–water partition coefficient (Wildman–Crippen LogP) is 3.54. The van der Waals surface area contributed by atoms with E-state index in [1.54, 1.807) is 20.8 Å². The zero-order valence-electron chi connectivity index (χ0n) is 16.3. The average molecular weight is 369 g/mol. The summed E-state index contributed by atoms with van der Waals surface area (Å²) in [6.07, 6.45) is -1.20. The van der Waals surface area contributed by atoms with E-state index in [0.717, 1.165) is 17.0 Å². The lowest BCUT2D eigenvalue weighted by Crippen LogP contribution is -2.44. The highest BCUT2D eigenvalue weighted by atomic mass is 19.1. The largest absolute Gasteiger partial charge is 0.497 e. The highest BCUT2D eigenvalue weighted by Crippen LogP contribution is 2.36. The number of hydrogen-bond donors (Lipinski definition) is 1. The van der Waals surface area contributed by atoms with Crippen LogP contribution in [0.5, 0.6) is 0 Å². The van der Waals surface area contributed by atoms with E-state index in [2.05, 4.69) is 0 Å². The van der Waals surface area contributed by atoms with Crippen LogP contribution in [0.25, 0.3) is 0 Å².